The summed E-state index contributed by atoms with van der Waals surface area (Å²) in [6.07, 6.45) is -0.271. The molecular formula is C11H23NO3. The van der Waals surface area contributed by atoms with E-state index in [-0.39, 0.29) is 6.61 Å². The first kappa shape index (κ1) is 14.4. The van der Waals surface area contributed by atoms with Gasteiger partial charge in [-0.25, -0.2) is 0 Å². The molecule has 0 fully saturated rings. The molecule has 0 heterocycles. The maximum atomic E-state index is 11.5. The van der Waals surface area contributed by atoms with Crippen LogP contribution in [0.25, 0.3) is 0 Å². The van der Waals surface area contributed by atoms with Crippen LogP contribution in [0, 0.1) is 11.3 Å². The first-order chi connectivity index (χ1) is 6.81. The molecule has 1 unspecified atom stereocenters. The second-order valence-corrected chi connectivity index (χ2v) is 5.02. The largest absolute Gasteiger partial charge is 0.396 e. The lowest BCUT2D eigenvalue weighted by Crippen LogP contribution is -2.45. The van der Waals surface area contributed by atoms with Crippen LogP contribution >= 0.6 is 0 Å². The second-order valence-electron chi connectivity index (χ2n) is 5.02. The van der Waals surface area contributed by atoms with Crippen LogP contribution in [-0.4, -0.2) is 35.4 Å². The van der Waals surface area contributed by atoms with Crippen molar-refractivity contribution >= 4 is 5.91 Å². The molecule has 0 aliphatic rings. The molecule has 0 rings (SSSR count). The van der Waals surface area contributed by atoms with Crippen molar-refractivity contribution in [3.8, 4) is 0 Å². The molecular weight excluding hydrogens is 194 g/mol. The molecule has 1 atom stereocenters. The Kier molecular flexibility index (Phi) is 5.83. The van der Waals surface area contributed by atoms with Gasteiger partial charge in [0.25, 0.3) is 0 Å². The molecule has 4 nitrogen and oxygen atoms in total. The molecule has 3 N–H and O–H groups in total. The van der Waals surface area contributed by atoms with Crippen molar-refractivity contribution in [2.24, 2.45) is 11.3 Å². The summed E-state index contributed by atoms with van der Waals surface area (Å²) in [6, 6.07) is 0. The Hall–Kier alpha value is -0.610. The Labute approximate surface area is 91.7 Å². The van der Waals surface area contributed by atoms with Crippen LogP contribution in [0.2, 0.25) is 0 Å². The predicted molar refractivity (Wildman–Crippen MR) is 59.3 cm³/mol. The standard InChI is InChI=1S/C11H23NO3/c1-8(2)5-6-12-10(15)9(14)11(3,4)7-13/h8-9,13-14H,5-7H2,1-4H3,(H,12,15). The summed E-state index contributed by atoms with van der Waals surface area (Å²) in [7, 11) is 0. The van der Waals surface area contributed by atoms with Gasteiger partial charge < -0.3 is 15.5 Å². The van der Waals surface area contributed by atoms with Gasteiger partial charge in [0.05, 0.1) is 6.61 Å². The van der Waals surface area contributed by atoms with Crippen LogP contribution < -0.4 is 5.32 Å². The third-order valence-electron chi connectivity index (χ3n) is 2.42. The number of aliphatic hydroxyl groups excluding tert-OH is 2. The Bertz CT molecular complexity index is 202. The highest BCUT2D eigenvalue weighted by Gasteiger charge is 2.32. The van der Waals surface area contributed by atoms with Crippen molar-refractivity contribution in [3.05, 3.63) is 0 Å². The van der Waals surface area contributed by atoms with Crippen molar-refractivity contribution in [2.45, 2.75) is 40.2 Å². The maximum absolute atomic E-state index is 11.5. The van der Waals surface area contributed by atoms with Gasteiger partial charge in [-0.1, -0.05) is 27.7 Å². The van der Waals surface area contributed by atoms with Crippen molar-refractivity contribution in [3.63, 3.8) is 0 Å². The molecule has 0 aliphatic carbocycles. The lowest BCUT2D eigenvalue weighted by molar-refractivity contribution is -0.137. The monoisotopic (exact) mass is 217 g/mol. The molecule has 0 aromatic carbocycles. The van der Waals surface area contributed by atoms with Crippen LogP contribution in [0.3, 0.4) is 0 Å². The van der Waals surface area contributed by atoms with E-state index in [1.165, 1.54) is 0 Å². The summed E-state index contributed by atoms with van der Waals surface area (Å²) in [6.45, 7) is 7.79. The Morgan fingerprint density at radius 3 is 2.33 bits per heavy atom. The van der Waals surface area contributed by atoms with Gasteiger partial charge in [0.1, 0.15) is 6.10 Å². The average molecular weight is 217 g/mol. The fraction of sp³-hybridized carbons (Fsp3) is 0.909. The molecule has 90 valence electrons. The average Bonchev–Trinajstić information content (AvgIpc) is 2.15. The zero-order valence-electron chi connectivity index (χ0n) is 10.1. The molecule has 0 aliphatic heterocycles. The quantitative estimate of drug-likeness (QED) is 0.608. The topological polar surface area (TPSA) is 69.6 Å². The highest BCUT2D eigenvalue weighted by atomic mass is 16.3. The van der Waals surface area contributed by atoms with Crippen molar-refractivity contribution in [2.75, 3.05) is 13.2 Å². The van der Waals surface area contributed by atoms with E-state index in [2.05, 4.69) is 19.2 Å². The molecule has 0 aromatic rings. The van der Waals surface area contributed by atoms with Crippen LogP contribution in [0.5, 0.6) is 0 Å². The first-order valence-corrected chi connectivity index (χ1v) is 5.38. The summed E-state index contributed by atoms with van der Waals surface area (Å²) in [5, 5.41) is 21.3. The molecule has 4 heteroatoms. The van der Waals surface area contributed by atoms with Crippen molar-refractivity contribution in [1.82, 2.24) is 5.32 Å². The van der Waals surface area contributed by atoms with Gasteiger partial charge in [0.2, 0.25) is 5.91 Å². The van der Waals surface area contributed by atoms with Gasteiger partial charge in [-0.3, -0.25) is 4.79 Å². The fourth-order valence-electron chi connectivity index (χ4n) is 1.02. The number of hydrogen-bond acceptors (Lipinski definition) is 3. The molecule has 15 heavy (non-hydrogen) atoms. The van der Waals surface area contributed by atoms with E-state index in [0.717, 1.165) is 6.42 Å². The molecule has 0 aromatic heterocycles. The van der Waals surface area contributed by atoms with E-state index in [4.69, 9.17) is 5.11 Å². The molecule has 0 spiro atoms. The number of amides is 1. The van der Waals surface area contributed by atoms with E-state index >= 15 is 0 Å². The smallest absolute Gasteiger partial charge is 0.249 e. The predicted octanol–water partition coefficient (Wildman–Crippen LogP) is 0.528. The minimum Gasteiger partial charge on any atom is -0.396 e. The lowest BCUT2D eigenvalue weighted by atomic mass is 9.87. The Morgan fingerprint density at radius 2 is 1.93 bits per heavy atom. The van der Waals surface area contributed by atoms with Crippen LogP contribution in [0.15, 0.2) is 0 Å². The Balaban J connectivity index is 4.00. The number of rotatable bonds is 6. The van der Waals surface area contributed by atoms with Crippen LogP contribution in [0.1, 0.15) is 34.1 Å². The molecule has 0 saturated heterocycles. The lowest BCUT2D eigenvalue weighted by Gasteiger charge is -2.27. The van der Waals surface area contributed by atoms with Crippen LogP contribution in [0.4, 0.5) is 0 Å². The zero-order chi connectivity index (χ0) is 12.1. The highest BCUT2D eigenvalue weighted by molar-refractivity contribution is 5.81. The van der Waals surface area contributed by atoms with Gasteiger partial charge in [0, 0.05) is 12.0 Å². The summed E-state index contributed by atoms with van der Waals surface area (Å²) in [5.41, 5.74) is -0.790. The minimum absolute atomic E-state index is 0.217. The summed E-state index contributed by atoms with van der Waals surface area (Å²) in [5.74, 6) is 0.114. The van der Waals surface area contributed by atoms with Gasteiger partial charge in [0.15, 0.2) is 0 Å². The van der Waals surface area contributed by atoms with Crippen molar-refractivity contribution in [1.29, 1.82) is 0 Å². The van der Waals surface area contributed by atoms with Gasteiger partial charge in [-0.2, -0.15) is 0 Å². The highest BCUT2D eigenvalue weighted by Crippen LogP contribution is 2.19. The van der Waals surface area contributed by atoms with E-state index in [0.29, 0.717) is 12.5 Å². The maximum Gasteiger partial charge on any atom is 0.249 e. The van der Waals surface area contributed by atoms with Gasteiger partial charge in [-0.15, -0.1) is 0 Å². The summed E-state index contributed by atoms with van der Waals surface area (Å²) >= 11 is 0. The number of nitrogens with one attached hydrogen (secondary N) is 1. The number of carbonyl (C=O) groups excluding carboxylic acids is 1. The van der Waals surface area contributed by atoms with Gasteiger partial charge in [-0.05, 0) is 12.3 Å². The van der Waals surface area contributed by atoms with E-state index in [1.54, 1.807) is 13.8 Å². The SMILES string of the molecule is CC(C)CCNC(=O)C(O)C(C)(C)CO. The molecule has 0 saturated carbocycles. The summed E-state index contributed by atoms with van der Waals surface area (Å²) in [4.78, 5) is 11.5. The third kappa shape index (κ3) is 5.14. The minimum atomic E-state index is -1.16. The van der Waals surface area contributed by atoms with Gasteiger partial charge >= 0.3 is 0 Å². The number of aliphatic hydroxyl groups is 2. The van der Waals surface area contributed by atoms with E-state index in [9.17, 15) is 9.90 Å². The number of hydrogen-bond donors (Lipinski definition) is 3. The zero-order valence-corrected chi connectivity index (χ0v) is 10.1. The van der Waals surface area contributed by atoms with Crippen molar-refractivity contribution < 1.29 is 15.0 Å². The van der Waals surface area contributed by atoms with E-state index in [1.807, 2.05) is 0 Å². The van der Waals surface area contributed by atoms with Crippen LogP contribution in [-0.2, 0) is 4.79 Å². The van der Waals surface area contributed by atoms with E-state index < -0.39 is 17.4 Å². The summed E-state index contributed by atoms with van der Waals surface area (Å²) < 4.78 is 0. The second kappa shape index (κ2) is 6.08. The molecule has 0 bridgehead atoms. The fourth-order valence-corrected chi connectivity index (χ4v) is 1.02. The molecule has 1 amide bonds. The third-order valence-corrected chi connectivity index (χ3v) is 2.42. The first-order valence-electron chi connectivity index (χ1n) is 5.38. The number of carbonyl (C=O) groups is 1. The molecule has 0 radical (unpaired) electrons. The Morgan fingerprint density at radius 1 is 1.40 bits per heavy atom. The normalized spacial score (nSPS) is 14.1.